The summed E-state index contributed by atoms with van der Waals surface area (Å²) in [5, 5.41) is 0. The highest BCUT2D eigenvalue weighted by Gasteiger charge is 2.04. The molecule has 0 aromatic heterocycles. The maximum atomic E-state index is 6.23. The van der Waals surface area contributed by atoms with E-state index < -0.39 is 0 Å². The molecular formula is C19H33NO. The lowest BCUT2D eigenvalue weighted by molar-refractivity contribution is 0.414. The van der Waals surface area contributed by atoms with Crippen molar-refractivity contribution in [1.82, 2.24) is 0 Å². The molecular weight excluding hydrogens is 258 g/mol. The van der Waals surface area contributed by atoms with Crippen molar-refractivity contribution in [3.8, 4) is 5.75 Å². The number of methoxy groups -OCH3 is 1. The fourth-order valence-corrected chi connectivity index (χ4v) is 2.71. The second kappa shape index (κ2) is 11.6. The van der Waals surface area contributed by atoms with Gasteiger partial charge in [0.15, 0.2) is 0 Å². The summed E-state index contributed by atoms with van der Waals surface area (Å²) >= 11 is 0. The number of hydrogen-bond donors (Lipinski definition) is 1. The van der Waals surface area contributed by atoms with Crippen LogP contribution in [0.4, 0.5) is 0 Å². The van der Waals surface area contributed by atoms with Gasteiger partial charge >= 0.3 is 0 Å². The minimum Gasteiger partial charge on any atom is -0.497 e. The van der Waals surface area contributed by atoms with Crippen LogP contribution in [0.5, 0.6) is 5.75 Å². The van der Waals surface area contributed by atoms with Gasteiger partial charge in [0.05, 0.1) is 7.11 Å². The molecule has 1 unspecified atom stereocenters. The largest absolute Gasteiger partial charge is 0.497 e. The highest BCUT2D eigenvalue weighted by Crippen LogP contribution is 2.15. The number of ether oxygens (including phenoxy) is 1. The summed E-state index contributed by atoms with van der Waals surface area (Å²) in [5.74, 6) is 0.912. The Morgan fingerprint density at radius 1 is 0.905 bits per heavy atom. The Labute approximate surface area is 131 Å². The molecule has 1 atom stereocenters. The van der Waals surface area contributed by atoms with Crippen molar-refractivity contribution < 1.29 is 4.74 Å². The maximum Gasteiger partial charge on any atom is 0.118 e. The molecule has 0 bridgehead atoms. The van der Waals surface area contributed by atoms with Gasteiger partial charge in [0, 0.05) is 6.04 Å². The summed E-state index contributed by atoms with van der Waals surface area (Å²) in [7, 11) is 1.70. The first-order valence-electron chi connectivity index (χ1n) is 8.64. The quantitative estimate of drug-likeness (QED) is 0.544. The molecule has 0 saturated heterocycles. The third kappa shape index (κ3) is 8.77. The van der Waals surface area contributed by atoms with Gasteiger partial charge in [0.1, 0.15) is 5.75 Å². The number of benzene rings is 1. The van der Waals surface area contributed by atoms with Crippen LogP contribution in [0.15, 0.2) is 24.3 Å². The van der Waals surface area contributed by atoms with E-state index in [1.165, 1.54) is 56.9 Å². The standard InChI is InChI=1S/C19H33NO/c1-3-4-5-6-7-8-9-10-11-18(20)16-17-12-14-19(21-2)15-13-17/h12-15,18H,3-11,16,20H2,1-2H3. The van der Waals surface area contributed by atoms with Crippen molar-refractivity contribution in [3.05, 3.63) is 29.8 Å². The summed E-state index contributed by atoms with van der Waals surface area (Å²) < 4.78 is 5.17. The summed E-state index contributed by atoms with van der Waals surface area (Å²) in [6, 6.07) is 8.55. The molecule has 0 aliphatic heterocycles. The number of rotatable bonds is 12. The zero-order chi connectivity index (χ0) is 15.3. The lowest BCUT2D eigenvalue weighted by atomic mass is 10.00. The molecule has 0 amide bonds. The second-order valence-electron chi connectivity index (χ2n) is 6.08. The van der Waals surface area contributed by atoms with Crippen molar-refractivity contribution in [1.29, 1.82) is 0 Å². The van der Waals surface area contributed by atoms with Crippen molar-refractivity contribution in [3.63, 3.8) is 0 Å². The van der Waals surface area contributed by atoms with E-state index in [0.717, 1.165) is 18.6 Å². The fourth-order valence-electron chi connectivity index (χ4n) is 2.71. The maximum absolute atomic E-state index is 6.23. The molecule has 1 aromatic carbocycles. The molecule has 0 spiro atoms. The molecule has 21 heavy (non-hydrogen) atoms. The highest BCUT2D eigenvalue weighted by atomic mass is 16.5. The SMILES string of the molecule is CCCCCCCCCCC(N)Cc1ccc(OC)cc1. The molecule has 0 aliphatic rings. The van der Waals surface area contributed by atoms with Gasteiger partial charge in [0.2, 0.25) is 0 Å². The highest BCUT2D eigenvalue weighted by molar-refractivity contribution is 5.27. The van der Waals surface area contributed by atoms with Crippen molar-refractivity contribution in [2.24, 2.45) is 5.73 Å². The molecule has 120 valence electrons. The van der Waals surface area contributed by atoms with Gasteiger partial charge in [-0.2, -0.15) is 0 Å². The smallest absolute Gasteiger partial charge is 0.118 e. The van der Waals surface area contributed by atoms with Gasteiger partial charge in [-0.25, -0.2) is 0 Å². The number of hydrogen-bond acceptors (Lipinski definition) is 2. The van der Waals surface area contributed by atoms with Crippen LogP contribution in [-0.4, -0.2) is 13.2 Å². The Morgan fingerprint density at radius 2 is 1.48 bits per heavy atom. The van der Waals surface area contributed by atoms with Gasteiger partial charge in [0.25, 0.3) is 0 Å². The lowest BCUT2D eigenvalue weighted by Gasteiger charge is -2.12. The first-order chi connectivity index (χ1) is 10.3. The van der Waals surface area contributed by atoms with E-state index in [1.807, 2.05) is 12.1 Å². The van der Waals surface area contributed by atoms with Gasteiger partial charge in [-0.05, 0) is 30.5 Å². The monoisotopic (exact) mass is 291 g/mol. The van der Waals surface area contributed by atoms with Gasteiger partial charge < -0.3 is 10.5 Å². The molecule has 1 rings (SSSR count). The van der Waals surface area contributed by atoms with Crippen LogP contribution in [0.1, 0.15) is 70.3 Å². The van der Waals surface area contributed by atoms with E-state index in [1.54, 1.807) is 7.11 Å². The van der Waals surface area contributed by atoms with Crippen LogP contribution >= 0.6 is 0 Å². The molecule has 2 heteroatoms. The third-order valence-electron chi connectivity index (χ3n) is 4.09. The summed E-state index contributed by atoms with van der Waals surface area (Å²) in [5.41, 5.74) is 7.53. The topological polar surface area (TPSA) is 35.2 Å². The molecule has 0 fully saturated rings. The van der Waals surface area contributed by atoms with Crippen molar-refractivity contribution >= 4 is 0 Å². The molecule has 0 heterocycles. The molecule has 2 nitrogen and oxygen atoms in total. The number of unbranched alkanes of at least 4 members (excludes halogenated alkanes) is 7. The van der Waals surface area contributed by atoms with E-state index in [2.05, 4.69) is 19.1 Å². The average molecular weight is 291 g/mol. The Kier molecular flexibility index (Phi) is 9.98. The predicted octanol–water partition coefficient (Wildman–Crippen LogP) is 5.10. The molecule has 1 aromatic rings. The Hall–Kier alpha value is -1.02. The van der Waals surface area contributed by atoms with E-state index in [4.69, 9.17) is 10.5 Å². The first-order valence-corrected chi connectivity index (χ1v) is 8.64. The molecule has 0 radical (unpaired) electrons. The molecule has 0 saturated carbocycles. The summed E-state index contributed by atoms with van der Waals surface area (Å²) in [6.45, 7) is 2.27. The Morgan fingerprint density at radius 3 is 2.05 bits per heavy atom. The fraction of sp³-hybridized carbons (Fsp3) is 0.684. The van der Waals surface area contributed by atoms with Crippen LogP contribution in [-0.2, 0) is 6.42 Å². The number of nitrogens with two attached hydrogens (primary N) is 1. The zero-order valence-electron chi connectivity index (χ0n) is 13.9. The van der Waals surface area contributed by atoms with Crippen LogP contribution in [0.2, 0.25) is 0 Å². The third-order valence-corrected chi connectivity index (χ3v) is 4.09. The molecule has 2 N–H and O–H groups in total. The van der Waals surface area contributed by atoms with Crippen molar-refractivity contribution in [2.75, 3.05) is 7.11 Å². The van der Waals surface area contributed by atoms with E-state index >= 15 is 0 Å². The van der Waals surface area contributed by atoms with E-state index in [0.29, 0.717) is 6.04 Å². The summed E-state index contributed by atoms with van der Waals surface area (Å²) in [6.07, 6.45) is 13.0. The van der Waals surface area contributed by atoms with Crippen LogP contribution in [0, 0.1) is 0 Å². The zero-order valence-corrected chi connectivity index (χ0v) is 13.9. The minimum absolute atomic E-state index is 0.290. The van der Waals surface area contributed by atoms with Gasteiger partial charge in [-0.1, -0.05) is 70.4 Å². The van der Waals surface area contributed by atoms with Crippen molar-refractivity contribution in [2.45, 2.75) is 77.2 Å². The molecule has 0 aliphatic carbocycles. The van der Waals surface area contributed by atoms with Crippen LogP contribution < -0.4 is 10.5 Å². The van der Waals surface area contributed by atoms with E-state index in [9.17, 15) is 0 Å². The first kappa shape index (κ1) is 18.0. The van der Waals surface area contributed by atoms with Gasteiger partial charge in [-0.15, -0.1) is 0 Å². The predicted molar refractivity (Wildman–Crippen MR) is 91.9 cm³/mol. The normalized spacial score (nSPS) is 12.3. The second-order valence-corrected chi connectivity index (χ2v) is 6.08. The summed E-state index contributed by atoms with van der Waals surface area (Å²) in [4.78, 5) is 0. The van der Waals surface area contributed by atoms with Gasteiger partial charge in [-0.3, -0.25) is 0 Å². The van der Waals surface area contributed by atoms with Crippen LogP contribution in [0.25, 0.3) is 0 Å². The van der Waals surface area contributed by atoms with Crippen LogP contribution in [0.3, 0.4) is 0 Å². The minimum atomic E-state index is 0.290. The lowest BCUT2D eigenvalue weighted by Crippen LogP contribution is -2.22. The Balaban J connectivity index is 2.04. The Bertz CT molecular complexity index is 347. The average Bonchev–Trinajstić information content (AvgIpc) is 2.50. The van der Waals surface area contributed by atoms with E-state index in [-0.39, 0.29) is 0 Å².